The van der Waals surface area contributed by atoms with Crippen LogP contribution >= 0.6 is 0 Å². The lowest BCUT2D eigenvalue weighted by atomic mass is 10.1. The van der Waals surface area contributed by atoms with Gasteiger partial charge in [0.1, 0.15) is 22.9 Å². The molecule has 2 aromatic carbocycles. The second-order valence-corrected chi connectivity index (χ2v) is 7.43. The van der Waals surface area contributed by atoms with E-state index in [-0.39, 0.29) is 40.3 Å². The summed E-state index contributed by atoms with van der Waals surface area (Å²) < 4.78 is 5.75. The van der Waals surface area contributed by atoms with Crippen LogP contribution in [0.3, 0.4) is 0 Å². The highest BCUT2D eigenvalue weighted by molar-refractivity contribution is 5.99. The maximum Gasteiger partial charge on any atom is 0.257 e. The van der Waals surface area contributed by atoms with Crippen LogP contribution in [0.2, 0.25) is 0 Å². The van der Waals surface area contributed by atoms with Crippen molar-refractivity contribution >= 4 is 23.0 Å². The van der Waals surface area contributed by atoms with Crippen molar-refractivity contribution in [1.29, 1.82) is 0 Å². The van der Waals surface area contributed by atoms with Crippen LogP contribution < -0.4 is 21.5 Å². The van der Waals surface area contributed by atoms with Crippen LogP contribution in [0.15, 0.2) is 38.3 Å². The molecule has 0 unspecified atom stereocenters. The molecule has 1 amide bonds. The van der Waals surface area contributed by atoms with Crippen LogP contribution in [0, 0.1) is 13.8 Å². The van der Waals surface area contributed by atoms with E-state index in [4.69, 9.17) is 4.42 Å². The molecular formula is C22H25N3O5. The quantitative estimate of drug-likeness (QED) is 0.404. The van der Waals surface area contributed by atoms with Gasteiger partial charge in [-0.15, -0.1) is 0 Å². The molecule has 0 aliphatic heterocycles. The normalized spacial score (nSPS) is 12.0. The van der Waals surface area contributed by atoms with Crippen molar-refractivity contribution in [1.82, 2.24) is 4.90 Å². The van der Waals surface area contributed by atoms with Crippen molar-refractivity contribution in [2.24, 2.45) is 0 Å². The summed E-state index contributed by atoms with van der Waals surface area (Å²) in [5.74, 6) is 0.794. The van der Waals surface area contributed by atoms with Crippen molar-refractivity contribution in [3.63, 3.8) is 0 Å². The molecule has 0 radical (unpaired) electrons. The first-order valence-electron chi connectivity index (χ1n) is 9.63. The van der Waals surface area contributed by atoms with E-state index in [9.17, 15) is 19.5 Å². The lowest BCUT2D eigenvalue weighted by Crippen LogP contribution is -2.37. The van der Waals surface area contributed by atoms with Gasteiger partial charge >= 0.3 is 0 Å². The monoisotopic (exact) mass is 411 g/mol. The number of nitrogens with zero attached hydrogens (tertiary/aromatic N) is 1. The number of phenols is 1. The van der Waals surface area contributed by atoms with E-state index in [1.54, 1.807) is 20.2 Å². The Labute approximate surface area is 173 Å². The van der Waals surface area contributed by atoms with Gasteiger partial charge in [0, 0.05) is 14.1 Å². The van der Waals surface area contributed by atoms with Crippen LogP contribution in [-0.2, 0) is 0 Å². The standard InChI is InChI=1S/C22H25N3O5/c1-6-14(16-10-11(2)12(3)30-16)23-17-18(21(28)20(17)27)24-15-9-7-8-13(19(15)26)22(29)25(4)5/h7-10,14,23-24,26H,6H2,1-5H3/t14-/m1/s1. The van der Waals surface area contributed by atoms with Gasteiger partial charge in [-0.2, -0.15) is 0 Å². The maximum absolute atomic E-state index is 12.2. The highest BCUT2D eigenvalue weighted by atomic mass is 16.3. The summed E-state index contributed by atoms with van der Waals surface area (Å²) in [6.45, 7) is 5.73. The van der Waals surface area contributed by atoms with Gasteiger partial charge < -0.3 is 25.1 Å². The Hall–Kier alpha value is -3.55. The predicted octanol–water partition coefficient (Wildman–Crippen LogP) is 3.21. The molecule has 158 valence electrons. The SMILES string of the molecule is CC[C@@H](Nc1c(Nc2cccc(C(=O)N(C)C)c2O)c(=O)c1=O)c1cc(C)c(C)o1. The molecule has 8 nitrogen and oxygen atoms in total. The molecule has 0 aliphatic carbocycles. The predicted molar refractivity (Wildman–Crippen MR) is 116 cm³/mol. The molecule has 3 aromatic rings. The van der Waals surface area contributed by atoms with E-state index in [1.807, 2.05) is 26.8 Å². The van der Waals surface area contributed by atoms with Crippen molar-refractivity contribution in [3.05, 3.63) is 67.4 Å². The highest BCUT2D eigenvalue weighted by Crippen LogP contribution is 2.33. The zero-order valence-corrected chi connectivity index (χ0v) is 17.6. The number of para-hydroxylation sites is 1. The van der Waals surface area contributed by atoms with Gasteiger partial charge in [0.2, 0.25) is 0 Å². The molecule has 1 aromatic heterocycles. The fourth-order valence-corrected chi connectivity index (χ4v) is 3.16. The number of anilines is 3. The Morgan fingerprint density at radius 3 is 2.40 bits per heavy atom. The molecule has 0 aliphatic rings. The molecule has 8 heteroatoms. The number of nitrogens with one attached hydrogen (secondary N) is 2. The van der Waals surface area contributed by atoms with Crippen LogP contribution in [0.4, 0.5) is 17.1 Å². The maximum atomic E-state index is 12.2. The van der Waals surface area contributed by atoms with Gasteiger partial charge in [-0.05, 0) is 44.0 Å². The molecule has 0 spiro atoms. The number of hydrogen-bond donors (Lipinski definition) is 3. The first-order chi connectivity index (χ1) is 14.1. The van der Waals surface area contributed by atoms with Crippen LogP contribution in [0.1, 0.15) is 46.8 Å². The van der Waals surface area contributed by atoms with Crippen LogP contribution in [-0.4, -0.2) is 30.0 Å². The molecule has 0 fully saturated rings. The molecule has 0 saturated heterocycles. The number of rotatable bonds is 7. The summed E-state index contributed by atoms with van der Waals surface area (Å²) in [7, 11) is 3.15. The molecule has 1 heterocycles. The summed E-state index contributed by atoms with van der Waals surface area (Å²) in [6.07, 6.45) is 0.628. The minimum atomic E-state index is -0.692. The number of amides is 1. The minimum absolute atomic E-state index is 0.0446. The van der Waals surface area contributed by atoms with Crippen LogP contribution in [0.5, 0.6) is 5.75 Å². The molecule has 0 bridgehead atoms. The number of benzene rings is 1. The summed E-state index contributed by atoms with van der Waals surface area (Å²) in [6, 6.07) is 6.20. The van der Waals surface area contributed by atoms with E-state index in [0.29, 0.717) is 12.2 Å². The largest absolute Gasteiger partial charge is 0.505 e. The molecule has 3 rings (SSSR count). The average molecular weight is 411 g/mol. The molecule has 3 N–H and O–H groups in total. The smallest absolute Gasteiger partial charge is 0.257 e. The van der Waals surface area contributed by atoms with Gasteiger partial charge in [-0.25, -0.2) is 0 Å². The zero-order valence-electron chi connectivity index (χ0n) is 17.6. The van der Waals surface area contributed by atoms with E-state index >= 15 is 0 Å². The number of phenolic OH excluding ortho intramolecular Hbond substituents is 1. The minimum Gasteiger partial charge on any atom is -0.505 e. The number of aromatic hydroxyl groups is 1. The van der Waals surface area contributed by atoms with E-state index in [2.05, 4.69) is 10.6 Å². The molecule has 30 heavy (non-hydrogen) atoms. The van der Waals surface area contributed by atoms with Crippen molar-refractivity contribution in [2.75, 3.05) is 24.7 Å². The van der Waals surface area contributed by atoms with Gasteiger partial charge in [-0.3, -0.25) is 14.4 Å². The van der Waals surface area contributed by atoms with Gasteiger partial charge in [0.25, 0.3) is 16.8 Å². The van der Waals surface area contributed by atoms with Gasteiger partial charge in [-0.1, -0.05) is 13.0 Å². The summed E-state index contributed by atoms with van der Waals surface area (Å²) >= 11 is 0. The number of furan rings is 1. The third kappa shape index (κ3) is 3.68. The Morgan fingerprint density at radius 1 is 1.17 bits per heavy atom. The third-order valence-corrected chi connectivity index (χ3v) is 5.10. The van der Waals surface area contributed by atoms with Gasteiger partial charge in [0.15, 0.2) is 5.75 Å². The first-order valence-corrected chi connectivity index (χ1v) is 9.63. The average Bonchev–Trinajstić information content (AvgIpc) is 3.05. The Bertz CT molecular complexity index is 1150. The Morgan fingerprint density at radius 2 is 1.83 bits per heavy atom. The fraction of sp³-hybridized carbons (Fsp3) is 0.318. The zero-order chi connectivity index (χ0) is 22.2. The van der Waals surface area contributed by atoms with Crippen molar-refractivity contribution in [2.45, 2.75) is 33.2 Å². The van der Waals surface area contributed by atoms with Crippen molar-refractivity contribution in [3.8, 4) is 5.75 Å². The molecular weight excluding hydrogens is 386 g/mol. The van der Waals surface area contributed by atoms with E-state index < -0.39 is 10.9 Å². The summed E-state index contributed by atoms with van der Waals surface area (Å²) in [5, 5.41) is 16.4. The Kier molecular flexibility index (Phi) is 5.69. The lowest BCUT2D eigenvalue weighted by molar-refractivity contribution is 0.0824. The number of carbonyl (C=O) groups excluding carboxylic acids is 1. The number of carbonyl (C=O) groups is 1. The topological polar surface area (TPSA) is 112 Å². The van der Waals surface area contributed by atoms with Crippen molar-refractivity contribution < 1.29 is 14.3 Å². The highest BCUT2D eigenvalue weighted by Gasteiger charge is 2.26. The summed E-state index contributed by atoms with van der Waals surface area (Å²) in [5.41, 5.74) is 0.0898. The fourth-order valence-electron chi connectivity index (χ4n) is 3.16. The molecule has 1 atom stereocenters. The van der Waals surface area contributed by atoms with Crippen LogP contribution in [0.25, 0.3) is 0 Å². The first kappa shape index (κ1) is 21.2. The summed E-state index contributed by atoms with van der Waals surface area (Å²) in [4.78, 5) is 37.9. The second-order valence-electron chi connectivity index (χ2n) is 7.43. The third-order valence-electron chi connectivity index (χ3n) is 5.10. The van der Waals surface area contributed by atoms with Gasteiger partial charge in [0.05, 0.1) is 17.3 Å². The van der Waals surface area contributed by atoms with E-state index in [0.717, 1.165) is 11.3 Å². The Balaban J connectivity index is 1.91. The number of hydrogen-bond acceptors (Lipinski definition) is 7. The number of aryl methyl sites for hydroxylation is 2. The molecule has 0 saturated carbocycles. The van der Waals surface area contributed by atoms with E-state index in [1.165, 1.54) is 17.0 Å². The second kappa shape index (κ2) is 8.06. The lowest BCUT2D eigenvalue weighted by Gasteiger charge is -2.21.